The minimum Gasteiger partial charge on any atom is -0.264 e. The normalized spacial score (nSPS) is 14.4. The van der Waals surface area contributed by atoms with Crippen molar-refractivity contribution in [1.29, 1.82) is 0 Å². The van der Waals surface area contributed by atoms with Crippen LogP contribution in [0.1, 0.15) is 16.8 Å². The molecule has 0 unspecified atom stereocenters. The molecule has 0 atom stereocenters. The van der Waals surface area contributed by atoms with E-state index in [4.69, 9.17) is 11.6 Å². The van der Waals surface area contributed by atoms with Crippen LogP contribution in [0.3, 0.4) is 0 Å². The van der Waals surface area contributed by atoms with Crippen molar-refractivity contribution in [1.82, 2.24) is 14.3 Å². The predicted molar refractivity (Wildman–Crippen MR) is 100 cm³/mol. The first-order chi connectivity index (χ1) is 12.4. The molecule has 1 aliphatic heterocycles. The van der Waals surface area contributed by atoms with Gasteiger partial charge in [0, 0.05) is 42.9 Å². The quantitative estimate of drug-likeness (QED) is 0.687. The van der Waals surface area contributed by atoms with Gasteiger partial charge in [-0.2, -0.15) is 4.31 Å². The number of sulfonamides is 1. The molecule has 2 aromatic heterocycles. The van der Waals surface area contributed by atoms with E-state index in [2.05, 4.69) is 9.97 Å². The molecule has 1 aromatic carbocycles. The summed E-state index contributed by atoms with van der Waals surface area (Å²) >= 11 is 6.34. The Labute approximate surface area is 157 Å². The summed E-state index contributed by atoms with van der Waals surface area (Å²) in [6.07, 6.45) is 5.14. The van der Waals surface area contributed by atoms with Gasteiger partial charge in [-0.3, -0.25) is 9.97 Å². The van der Waals surface area contributed by atoms with Crippen LogP contribution in [0.4, 0.5) is 0 Å². The van der Waals surface area contributed by atoms with Gasteiger partial charge in [-0.1, -0.05) is 23.7 Å². The number of pyridine rings is 2. The Bertz CT molecular complexity index is 1090. The van der Waals surface area contributed by atoms with Gasteiger partial charge in [-0.05, 0) is 47.9 Å². The van der Waals surface area contributed by atoms with Gasteiger partial charge in [-0.25, -0.2) is 8.42 Å². The topological polar surface area (TPSA) is 63.2 Å². The molecule has 0 aliphatic carbocycles. The van der Waals surface area contributed by atoms with Crippen LogP contribution in [0.15, 0.2) is 59.9 Å². The number of benzene rings is 1. The molecule has 0 saturated heterocycles. The second-order valence-electron chi connectivity index (χ2n) is 6.25. The van der Waals surface area contributed by atoms with E-state index in [9.17, 15) is 8.42 Å². The lowest BCUT2D eigenvalue weighted by Crippen LogP contribution is -2.25. The van der Waals surface area contributed by atoms with Gasteiger partial charge >= 0.3 is 0 Å². The number of fused-ring (bicyclic) bond motifs is 1. The van der Waals surface area contributed by atoms with E-state index in [1.807, 2.05) is 25.1 Å². The van der Waals surface area contributed by atoms with Crippen LogP contribution in [-0.2, 0) is 23.1 Å². The maximum absolute atomic E-state index is 13.1. The van der Waals surface area contributed by atoms with Crippen molar-refractivity contribution in [2.75, 3.05) is 0 Å². The zero-order valence-corrected chi connectivity index (χ0v) is 15.6. The van der Waals surface area contributed by atoms with Gasteiger partial charge in [-0.15, -0.1) is 0 Å². The molecular formula is C19H16ClN3O2S. The molecule has 0 spiro atoms. The average molecular weight is 386 g/mol. The molecule has 0 fully saturated rings. The molecule has 26 heavy (non-hydrogen) atoms. The Balaban J connectivity index is 1.67. The Morgan fingerprint density at radius 2 is 1.85 bits per heavy atom. The van der Waals surface area contributed by atoms with Gasteiger partial charge in [0.25, 0.3) is 0 Å². The third kappa shape index (κ3) is 3.00. The van der Waals surface area contributed by atoms with Crippen LogP contribution in [0.25, 0.3) is 11.1 Å². The second-order valence-corrected chi connectivity index (χ2v) is 8.57. The Hall–Kier alpha value is -2.28. The lowest BCUT2D eigenvalue weighted by atomic mass is 10.1. The van der Waals surface area contributed by atoms with Crippen LogP contribution in [0, 0.1) is 6.92 Å². The number of aryl methyl sites for hydroxylation is 1. The summed E-state index contributed by atoms with van der Waals surface area (Å²) in [5, 5.41) is 0.205. The minimum atomic E-state index is -3.69. The molecule has 0 bridgehead atoms. The molecule has 0 N–H and O–H groups in total. The third-order valence-corrected chi connectivity index (χ3v) is 6.73. The molecule has 132 valence electrons. The number of aromatic nitrogens is 2. The van der Waals surface area contributed by atoms with Crippen molar-refractivity contribution in [2.45, 2.75) is 24.9 Å². The third-order valence-electron chi connectivity index (χ3n) is 4.46. The van der Waals surface area contributed by atoms with Crippen molar-refractivity contribution in [3.63, 3.8) is 0 Å². The monoisotopic (exact) mass is 385 g/mol. The van der Waals surface area contributed by atoms with Crippen LogP contribution in [-0.4, -0.2) is 22.7 Å². The van der Waals surface area contributed by atoms with E-state index < -0.39 is 10.0 Å². The highest BCUT2D eigenvalue weighted by Gasteiger charge is 2.32. The van der Waals surface area contributed by atoms with Crippen LogP contribution >= 0.6 is 11.6 Å². The SMILES string of the molecule is Cc1cc2c(cn1)CN(S(=O)(=O)c1ccc(-c3cccnc3)cc1Cl)C2. The van der Waals surface area contributed by atoms with Crippen molar-refractivity contribution in [2.24, 2.45) is 0 Å². The molecule has 0 radical (unpaired) electrons. The molecule has 0 amide bonds. The van der Waals surface area contributed by atoms with Crippen LogP contribution < -0.4 is 0 Å². The van der Waals surface area contributed by atoms with Crippen LogP contribution in [0.2, 0.25) is 5.02 Å². The van der Waals surface area contributed by atoms with Crippen molar-refractivity contribution in [3.8, 4) is 11.1 Å². The maximum atomic E-state index is 13.1. The fourth-order valence-electron chi connectivity index (χ4n) is 3.10. The van der Waals surface area contributed by atoms with Gasteiger partial charge in [0.1, 0.15) is 4.90 Å². The van der Waals surface area contributed by atoms with Gasteiger partial charge in [0.05, 0.1) is 5.02 Å². The van der Waals surface area contributed by atoms with Gasteiger partial charge in [0.15, 0.2) is 0 Å². The number of rotatable bonds is 3. The van der Waals surface area contributed by atoms with Crippen molar-refractivity contribution < 1.29 is 8.42 Å². The fourth-order valence-corrected chi connectivity index (χ4v) is 5.02. The maximum Gasteiger partial charge on any atom is 0.245 e. The van der Waals surface area contributed by atoms with Gasteiger partial charge in [0.2, 0.25) is 10.0 Å². The number of nitrogens with zero attached hydrogens (tertiary/aromatic N) is 3. The Morgan fingerprint density at radius 3 is 2.58 bits per heavy atom. The van der Waals surface area contributed by atoms with E-state index in [1.165, 1.54) is 4.31 Å². The number of halogens is 1. The Morgan fingerprint density at radius 1 is 1.04 bits per heavy atom. The molecule has 3 aromatic rings. The lowest BCUT2D eigenvalue weighted by molar-refractivity contribution is 0.431. The summed E-state index contributed by atoms with van der Waals surface area (Å²) in [5.41, 5.74) is 4.51. The fraction of sp³-hybridized carbons (Fsp3) is 0.158. The highest BCUT2D eigenvalue weighted by atomic mass is 35.5. The summed E-state index contributed by atoms with van der Waals surface area (Å²) in [4.78, 5) is 8.44. The smallest absolute Gasteiger partial charge is 0.245 e. The molecule has 0 saturated carbocycles. The molecule has 5 nitrogen and oxygen atoms in total. The van der Waals surface area contributed by atoms with E-state index in [0.29, 0.717) is 13.1 Å². The highest BCUT2D eigenvalue weighted by Crippen LogP contribution is 2.33. The first-order valence-electron chi connectivity index (χ1n) is 8.09. The highest BCUT2D eigenvalue weighted by molar-refractivity contribution is 7.89. The summed E-state index contributed by atoms with van der Waals surface area (Å²) in [5.74, 6) is 0. The molecular weight excluding hydrogens is 370 g/mol. The first-order valence-corrected chi connectivity index (χ1v) is 9.91. The second kappa shape index (κ2) is 6.46. The summed E-state index contributed by atoms with van der Waals surface area (Å²) in [6.45, 7) is 2.54. The number of hydrogen-bond acceptors (Lipinski definition) is 4. The van der Waals surface area contributed by atoms with Gasteiger partial charge < -0.3 is 0 Å². The Kier molecular flexibility index (Phi) is 4.26. The molecule has 4 rings (SSSR count). The first kappa shape index (κ1) is 17.1. The van der Waals surface area contributed by atoms with Crippen LogP contribution in [0.5, 0.6) is 0 Å². The largest absolute Gasteiger partial charge is 0.264 e. The average Bonchev–Trinajstić information content (AvgIpc) is 3.06. The summed E-state index contributed by atoms with van der Waals surface area (Å²) < 4.78 is 27.6. The number of hydrogen-bond donors (Lipinski definition) is 0. The summed E-state index contributed by atoms with van der Waals surface area (Å²) in [6, 6.07) is 10.6. The van der Waals surface area contributed by atoms with E-state index >= 15 is 0 Å². The van der Waals surface area contributed by atoms with E-state index in [0.717, 1.165) is 27.9 Å². The van der Waals surface area contributed by atoms with Crippen molar-refractivity contribution >= 4 is 21.6 Å². The predicted octanol–water partition coefficient (Wildman–Crippen LogP) is 3.81. The summed E-state index contributed by atoms with van der Waals surface area (Å²) in [7, 11) is -3.69. The van der Waals surface area contributed by atoms with E-state index in [1.54, 1.807) is 36.8 Å². The zero-order valence-electron chi connectivity index (χ0n) is 14.1. The van der Waals surface area contributed by atoms with E-state index in [-0.39, 0.29) is 9.92 Å². The standard InChI is InChI=1S/C19H16ClN3O2S/c1-13-7-16-11-23(12-17(16)10-22-13)26(24,25)19-5-4-14(8-18(19)20)15-3-2-6-21-9-15/h2-10H,11-12H2,1H3. The van der Waals surface area contributed by atoms with Crippen molar-refractivity contribution in [3.05, 3.63) is 76.8 Å². The minimum absolute atomic E-state index is 0.115. The zero-order chi connectivity index (χ0) is 18.3. The molecule has 3 heterocycles. The lowest BCUT2D eigenvalue weighted by Gasteiger charge is -2.17. The molecule has 1 aliphatic rings. The molecule has 7 heteroatoms.